The fourth-order valence-electron chi connectivity index (χ4n) is 0. The van der Waals surface area contributed by atoms with Gasteiger partial charge in [0.25, 0.3) is 0 Å². The molecule has 0 radical (unpaired) electrons. The van der Waals surface area contributed by atoms with Crippen LogP contribution in [0.4, 0.5) is 0 Å². The van der Waals surface area contributed by atoms with Crippen molar-refractivity contribution in [1.29, 1.82) is 0 Å². The van der Waals surface area contributed by atoms with Gasteiger partial charge in [-0.3, -0.25) is 0 Å². The van der Waals surface area contributed by atoms with Crippen LogP contribution >= 0.6 is 0 Å². The monoisotopic (exact) mass is 330 g/mol. The van der Waals surface area contributed by atoms with E-state index in [2.05, 4.69) is 0 Å². The van der Waals surface area contributed by atoms with Crippen LogP contribution in [-0.4, -0.2) is 78.3 Å². The Morgan fingerprint density at radius 3 is 0.462 bits per heavy atom. The van der Waals surface area contributed by atoms with Gasteiger partial charge >= 0.3 is 45.5 Å². The maximum atomic E-state index is 8.24. The van der Waals surface area contributed by atoms with E-state index in [4.69, 9.17) is 18.6 Å². The molecule has 0 aromatic rings. The third-order valence-electron chi connectivity index (χ3n) is 0. The molecule has 0 atom stereocenters. The predicted molar refractivity (Wildman–Crippen MR) is 27.4 cm³/mol. The molecule has 0 saturated carbocycles. The standard InChI is InChI=1S/2ClO2.6H2O.Sr/c2*2-1-3;;;;;;;/h;;6*1H2;/q2*-1;;;;;;;+2. The van der Waals surface area contributed by atoms with E-state index >= 15 is 0 Å². The van der Waals surface area contributed by atoms with Crippen molar-refractivity contribution in [1.82, 2.24) is 0 Å². The van der Waals surface area contributed by atoms with E-state index in [1.54, 1.807) is 0 Å². The molecule has 12 N–H and O–H groups in total. The molecule has 0 bridgehead atoms. The van der Waals surface area contributed by atoms with Gasteiger partial charge in [0.05, 0.1) is 22.7 Å². The Morgan fingerprint density at radius 1 is 0.462 bits per heavy atom. The summed E-state index contributed by atoms with van der Waals surface area (Å²) in [5.41, 5.74) is 0. The van der Waals surface area contributed by atoms with Crippen LogP contribution in [0.25, 0.3) is 0 Å². The minimum atomic E-state index is -0.417. The first-order valence-electron chi connectivity index (χ1n) is 0.617. The summed E-state index contributed by atoms with van der Waals surface area (Å²) in [6, 6.07) is 0. The van der Waals surface area contributed by atoms with Gasteiger partial charge in [-0.15, -0.1) is 0 Å². The molecular formula is H12Cl2O10Sr. The Bertz CT molecular complexity index is 14.9. The van der Waals surface area contributed by atoms with Crippen molar-refractivity contribution in [3.8, 4) is 0 Å². The average Bonchev–Trinajstić information content (AvgIpc) is 1.39. The summed E-state index contributed by atoms with van der Waals surface area (Å²) < 4.78 is 32.9. The number of halogens is 2. The molecule has 13 heteroatoms. The van der Waals surface area contributed by atoms with Crippen LogP contribution in [0, 0.1) is 22.7 Å². The molecule has 0 aliphatic rings. The van der Waals surface area contributed by atoms with E-state index in [0.717, 1.165) is 0 Å². The van der Waals surface area contributed by atoms with Gasteiger partial charge in [-0.2, -0.15) is 0 Å². The molecule has 0 rings (SSSR count). The van der Waals surface area contributed by atoms with Crippen LogP contribution in [0.5, 0.6) is 0 Å². The van der Waals surface area contributed by atoms with Gasteiger partial charge in [0, 0.05) is 0 Å². The second kappa shape index (κ2) is 163. The van der Waals surface area contributed by atoms with Crippen LogP contribution in [0.2, 0.25) is 0 Å². The quantitative estimate of drug-likeness (QED) is 0.390. The SMILES string of the molecule is O.O.O.O.O.O.[O-][Cl+][O-].[O-][Cl+][O-].[Sr+2]. The molecule has 0 aliphatic carbocycles. The summed E-state index contributed by atoms with van der Waals surface area (Å²) in [6.07, 6.45) is 0. The van der Waals surface area contributed by atoms with Crippen LogP contribution < -0.4 is 18.6 Å². The molecule has 0 aliphatic heterocycles. The third-order valence-corrected chi connectivity index (χ3v) is 0. The van der Waals surface area contributed by atoms with Gasteiger partial charge in [0.2, 0.25) is 0 Å². The first kappa shape index (κ1) is 85.4. The van der Waals surface area contributed by atoms with Crippen molar-refractivity contribution < 1.29 is 74.1 Å². The molecule has 0 aromatic carbocycles. The van der Waals surface area contributed by atoms with E-state index < -0.39 is 22.7 Å². The van der Waals surface area contributed by atoms with Gasteiger partial charge in [-0.25, -0.2) is 0 Å². The Balaban J connectivity index is -0.00000000229. The topological polar surface area (TPSA) is 281 Å². The first-order valence-corrected chi connectivity index (χ1v) is 1.85. The van der Waals surface area contributed by atoms with Crippen molar-refractivity contribution in [2.24, 2.45) is 0 Å². The number of hydrogen-bond acceptors (Lipinski definition) is 4. The fourth-order valence-corrected chi connectivity index (χ4v) is 0. The molecule has 88 valence electrons. The van der Waals surface area contributed by atoms with Gasteiger partial charge in [0.15, 0.2) is 0 Å². The minimum Gasteiger partial charge on any atom is -0.544 e. The molecule has 0 amide bonds. The van der Waals surface area contributed by atoms with Crippen molar-refractivity contribution in [2.75, 3.05) is 0 Å². The minimum absolute atomic E-state index is 0. The van der Waals surface area contributed by atoms with Crippen molar-refractivity contribution in [3.05, 3.63) is 0 Å². The Morgan fingerprint density at radius 2 is 0.462 bits per heavy atom. The Kier molecular flexibility index (Phi) is 1070. The molecule has 13 heavy (non-hydrogen) atoms. The van der Waals surface area contributed by atoms with Gasteiger partial charge in [0.1, 0.15) is 0 Å². The predicted octanol–water partition coefficient (Wildman–Crippen LogP) is -10.1. The Labute approximate surface area is 118 Å². The summed E-state index contributed by atoms with van der Waals surface area (Å²) in [5.74, 6) is 0. The summed E-state index contributed by atoms with van der Waals surface area (Å²) in [4.78, 5) is 0. The summed E-state index contributed by atoms with van der Waals surface area (Å²) >= 11 is -0.833. The average molecular weight is 331 g/mol. The fraction of sp³-hybridized carbons (Fsp3) is 0. The molecular weight excluding hydrogens is 319 g/mol. The largest absolute Gasteiger partial charge is 2.00 e. The van der Waals surface area contributed by atoms with Crippen LogP contribution in [-0.2, 0) is 0 Å². The van der Waals surface area contributed by atoms with E-state index in [0.29, 0.717) is 0 Å². The van der Waals surface area contributed by atoms with E-state index in [9.17, 15) is 0 Å². The molecule has 10 nitrogen and oxygen atoms in total. The smallest absolute Gasteiger partial charge is 0.544 e. The van der Waals surface area contributed by atoms with Crippen molar-refractivity contribution >= 4 is 45.5 Å². The number of hydrogen-bond donors (Lipinski definition) is 0. The maximum Gasteiger partial charge on any atom is 2.00 e. The Hall–Kier alpha value is 1.66. The first-order chi connectivity index (χ1) is 2.83. The normalized spacial score (nSPS) is 2.77. The van der Waals surface area contributed by atoms with Crippen LogP contribution in [0.1, 0.15) is 0 Å². The molecule has 0 spiro atoms. The molecule has 0 fully saturated rings. The van der Waals surface area contributed by atoms with Crippen LogP contribution in [0.15, 0.2) is 0 Å². The zero-order valence-corrected chi connectivity index (χ0v) is 11.1. The third kappa shape index (κ3) is 674. The summed E-state index contributed by atoms with van der Waals surface area (Å²) in [7, 11) is 0. The molecule has 0 aromatic heterocycles. The summed E-state index contributed by atoms with van der Waals surface area (Å²) in [5, 5.41) is 0. The molecule has 0 heterocycles. The maximum absolute atomic E-state index is 8.24. The summed E-state index contributed by atoms with van der Waals surface area (Å²) in [6.45, 7) is 0. The second-order valence-electron chi connectivity index (χ2n) is 0.126. The zero-order valence-electron chi connectivity index (χ0n) is 6.10. The second-order valence-corrected chi connectivity index (χ2v) is 0.378. The van der Waals surface area contributed by atoms with Gasteiger partial charge in [-0.1, -0.05) is 0 Å². The molecule has 0 unspecified atom stereocenters. The zero-order chi connectivity index (χ0) is 5.41. The van der Waals surface area contributed by atoms with Gasteiger partial charge in [-0.05, 0) is 0 Å². The van der Waals surface area contributed by atoms with Crippen LogP contribution in [0.3, 0.4) is 0 Å². The van der Waals surface area contributed by atoms with E-state index in [1.807, 2.05) is 0 Å². The van der Waals surface area contributed by atoms with E-state index in [-0.39, 0.29) is 78.3 Å². The van der Waals surface area contributed by atoms with E-state index in [1.165, 1.54) is 0 Å². The van der Waals surface area contributed by atoms with Crippen molar-refractivity contribution in [3.63, 3.8) is 0 Å². The molecule has 0 saturated heterocycles. The van der Waals surface area contributed by atoms with Crippen molar-refractivity contribution in [2.45, 2.75) is 0 Å². The number of rotatable bonds is 0. The van der Waals surface area contributed by atoms with Gasteiger partial charge < -0.3 is 51.5 Å².